The van der Waals surface area contributed by atoms with E-state index in [9.17, 15) is 9.18 Å². The van der Waals surface area contributed by atoms with Crippen molar-refractivity contribution in [2.45, 2.75) is 33.6 Å². The van der Waals surface area contributed by atoms with Crippen molar-refractivity contribution in [1.82, 2.24) is 14.9 Å². The van der Waals surface area contributed by atoms with Gasteiger partial charge < -0.3 is 24.4 Å². The number of halogens is 1. The third-order valence-electron chi connectivity index (χ3n) is 6.51. The van der Waals surface area contributed by atoms with Crippen LogP contribution in [-0.2, 0) is 4.79 Å². The van der Waals surface area contributed by atoms with Crippen molar-refractivity contribution in [3.63, 3.8) is 0 Å². The Labute approximate surface area is 210 Å². The number of anilines is 1. The summed E-state index contributed by atoms with van der Waals surface area (Å²) in [6.07, 6.45) is 3.11. The van der Waals surface area contributed by atoms with Crippen molar-refractivity contribution in [3.8, 4) is 23.1 Å². The molecule has 2 aromatic carbocycles. The molecule has 1 aromatic heterocycles. The van der Waals surface area contributed by atoms with Gasteiger partial charge in [-0.15, -0.1) is 0 Å². The van der Waals surface area contributed by atoms with Gasteiger partial charge in [0.15, 0.2) is 23.1 Å². The molecule has 0 radical (unpaired) electrons. The van der Waals surface area contributed by atoms with Crippen molar-refractivity contribution < 1.29 is 23.4 Å². The van der Waals surface area contributed by atoms with Crippen LogP contribution in [0.25, 0.3) is 10.9 Å². The Morgan fingerprint density at radius 3 is 2.58 bits per heavy atom. The number of carbonyl (C=O) groups excluding carboxylic acids is 1. The maximum atomic E-state index is 14.8. The Morgan fingerprint density at radius 1 is 1.14 bits per heavy atom. The lowest BCUT2D eigenvalue weighted by Gasteiger charge is -2.18. The SMILES string of the molecule is CCN(CC)CCCOc1cc2ncnc(Oc3ccc(NC(=O)C4C[C@H]4C)cc3F)c2cc1OC. The first-order valence-corrected chi connectivity index (χ1v) is 12.4. The predicted octanol–water partition coefficient (Wildman–Crippen LogP) is 5.28. The van der Waals surface area contributed by atoms with Gasteiger partial charge in [0.2, 0.25) is 11.8 Å². The van der Waals surface area contributed by atoms with E-state index in [2.05, 4.69) is 34.0 Å². The Bertz CT molecular complexity index is 1220. The molecule has 1 aliphatic rings. The largest absolute Gasteiger partial charge is 0.493 e. The molecule has 0 aliphatic heterocycles. The summed E-state index contributed by atoms with van der Waals surface area (Å²) in [6.45, 7) is 9.82. The number of hydrogen-bond acceptors (Lipinski definition) is 7. The van der Waals surface area contributed by atoms with E-state index in [1.54, 1.807) is 25.3 Å². The van der Waals surface area contributed by atoms with E-state index in [4.69, 9.17) is 14.2 Å². The van der Waals surface area contributed by atoms with Crippen molar-refractivity contribution in [2.75, 3.05) is 38.7 Å². The lowest BCUT2D eigenvalue weighted by Crippen LogP contribution is -2.25. The number of benzene rings is 2. The van der Waals surface area contributed by atoms with Crippen LogP contribution in [-0.4, -0.2) is 54.1 Å². The van der Waals surface area contributed by atoms with Gasteiger partial charge in [-0.05, 0) is 50.0 Å². The molecule has 0 spiro atoms. The number of nitrogens with one attached hydrogen (secondary N) is 1. The van der Waals surface area contributed by atoms with Gasteiger partial charge in [-0.2, -0.15) is 0 Å². The average Bonchev–Trinajstić information content (AvgIpc) is 3.62. The summed E-state index contributed by atoms with van der Waals surface area (Å²) in [5.41, 5.74) is 0.975. The molecule has 3 aromatic rings. The summed E-state index contributed by atoms with van der Waals surface area (Å²) < 4.78 is 32.1. The minimum atomic E-state index is -0.608. The Morgan fingerprint density at radius 2 is 1.92 bits per heavy atom. The molecule has 1 heterocycles. The average molecular weight is 497 g/mol. The number of nitrogens with zero attached hydrogens (tertiary/aromatic N) is 3. The van der Waals surface area contributed by atoms with Gasteiger partial charge in [0.05, 0.1) is 24.6 Å². The lowest BCUT2D eigenvalue weighted by atomic mass is 10.2. The highest BCUT2D eigenvalue weighted by Crippen LogP contribution is 2.39. The first-order valence-electron chi connectivity index (χ1n) is 12.4. The molecule has 1 aliphatic carbocycles. The molecule has 1 fully saturated rings. The van der Waals surface area contributed by atoms with Crippen LogP contribution in [0.1, 0.15) is 33.6 Å². The molecule has 2 atom stereocenters. The fourth-order valence-electron chi connectivity index (χ4n) is 4.09. The molecule has 36 heavy (non-hydrogen) atoms. The van der Waals surface area contributed by atoms with Crippen LogP contribution in [0, 0.1) is 17.7 Å². The normalized spacial score (nSPS) is 16.7. The van der Waals surface area contributed by atoms with E-state index >= 15 is 0 Å². The van der Waals surface area contributed by atoms with Crippen LogP contribution >= 0.6 is 0 Å². The zero-order valence-electron chi connectivity index (χ0n) is 21.2. The molecule has 192 valence electrons. The highest BCUT2D eigenvalue weighted by molar-refractivity contribution is 5.94. The Balaban J connectivity index is 1.48. The van der Waals surface area contributed by atoms with Crippen LogP contribution in [0.2, 0.25) is 0 Å². The second kappa shape index (κ2) is 11.5. The number of aromatic nitrogens is 2. The fourth-order valence-corrected chi connectivity index (χ4v) is 4.09. The fraction of sp³-hybridized carbons (Fsp3) is 0.444. The quantitative estimate of drug-likeness (QED) is 0.342. The first-order chi connectivity index (χ1) is 17.4. The smallest absolute Gasteiger partial charge is 0.230 e. The van der Waals surface area contributed by atoms with Crippen molar-refractivity contribution in [2.24, 2.45) is 11.8 Å². The number of carbonyl (C=O) groups is 1. The zero-order valence-corrected chi connectivity index (χ0v) is 21.2. The Hall–Kier alpha value is -3.46. The van der Waals surface area contributed by atoms with Crippen molar-refractivity contribution >= 4 is 22.5 Å². The van der Waals surface area contributed by atoms with Gasteiger partial charge in [-0.1, -0.05) is 20.8 Å². The topological polar surface area (TPSA) is 85.8 Å². The first kappa shape index (κ1) is 25.6. The second-order valence-electron chi connectivity index (χ2n) is 8.98. The summed E-state index contributed by atoms with van der Waals surface area (Å²) in [4.78, 5) is 23.0. The van der Waals surface area contributed by atoms with E-state index in [0.717, 1.165) is 32.5 Å². The number of amides is 1. The van der Waals surface area contributed by atoms with E-state index in [1.807, 2.05) is 6.92 Å². The minimum absolute atomic E-state index is 0.00240. The number of methoxy groups -OCH3 is 1. The zero-order chi connectivity index (χ0) is 25.7. The van der Waals surface area contributed by atoms with Gasteiger partial charge in [0.25, 0.3) is 0 Å². The standard InChI is InChI=1S/C27H33FN4O4/c1-5-32(6-2)10-7-11-35-25-15-22-20(14-24(25)34-4)27(30-16-29-22)36-23-9-8-18(13-21(23)28)31-26(33)19-12-17(19)3/h8-9,13-17,19H,5-7,10-12H2,1-4H3,(H,31,33)/t17-,19?/m1/s1. The third kappa shape index (κ3) is 6.02. The maximum absolute atomic E-state index is 14.8. The molecule has 1 amide bonds. The summed E-state index contributed by atoms with van der Waals surface area (Å²) in [5, 5.41) is 3.32. The number of ether oxygens (including phenoxy) is 3. The van der Waals surface area contributed by atoms with Crippen LogP contribution in [0.4, 0.5) is 10.1 Å². The van der Waals surface area contributed by atoms with Gasteiger partial charge in [-0.3, -0.25) is 4.79 Å². The molecule has 1 unspecified atom stereocenters. The molecule has 4 rings (SSSR count). The van der Waals surface area contributed by atoms with Gasteiger partial charge in [0.1, 0.15) is 6.33 Å². The molecule has 9 heteroatoms. The number of fused-ring (bicyclic) bond motifs is 1. The van der Waals surface area contributed by atoms with Crippen LogP contribution in [0.15, 0.2) is 36.7 Å². The van der Waals surface area contributed by atoms with Gasteiger partial charge in [0, 0.05) is 30.3 Å². The monoisotopic (exact) mass is 496 g/mol. The molecule has 8 nitrogen and oxygen atoms in total. The van der Waals surface area contributed by atoms with E-state index in [1.165, 1.54) is 18.5 Å². The molecule has 1 N–H and O–H groups in total. The maximum Gasteiger partial charge on any atom is 0.230 e. The van der Waals surface area contributed by atoms with Crippen LogP contribution < -0.4 is 19.5 Å². The highest BCUT2D eigenvalue weighted by atomic mass is 19.1. The van der Waals surface area contributed by atoms with Crippen LogP contribution in [0.5, 0.6) is 23.1 Å². The van der Waals surface area contributed by atoms with Gasteiger partial charge in [-0.25, -0.2) is 14.4 Å². The minimum Gasteiger partial charge on any atom is -0.493 e. The summed E-state index contributed by atoms with van der Waals surface area (Å²) in [5.74, 6) is 0.946. The molecule has 0 saturated heterocycles. The van der Waals surface area contributed by atoms with Crippen molar-refractivity contribution in [1.29, 1.82) is 0 Å². The number of rotatable bonds is 12. The summed E-state index contributed by atoms with van der Waals surface area (Å²) in [6, 6.07) is 7.83. The summed E-state index contributed by atoms with van der Waals surface area (Å²) in [7, 11) is 1.56. The van der Waals surface area contributed by atoms with E-state index < -0.39 is 5.82 Å². The van der Waals surface area contributed by atoms with E-state index in [0.29, 0.717) is 40.6 Å². The van der Waals surface area contributed by atoms with Crippen LogP contribution in [0.3, 0.4) is 0 Å². The lowest BCUT2D eigenvalue weighted by molar-refractivity contribution is -0.117. The molecular weight excluding hydrogens is 463 g/mol. The molecule has 1 saturated carbocycles. The molecular formula is C27H33FN4O4. The molecule has 0 bridgehead atoms. The predicted molar refractivity (Wildman–Crippen MR) is 136 cm³/mol. The highest BCUT2D eigenvalue weighted by Gasteiger charge is 2.39. The van der Waals surface area contributed by atoms with Crippen molar-refractivity contribution in [3.05, 3.63) is 42.5 Å². The second-order valence-corrected chi connectivity index (χ2v) is 8.98. The third-order valence-corrected chi connectivity index (χ3v) is 6.51. The Kier molecular flexibility index (Phi) is 8.20. The van der Waals surface area contributed by atoms with Gasteiger partial charge >= 0.3 is 0 Å². The summed E-state index contributed by atoms with van der Waals surface area (Å²) >= 11 is 0. The van der Waals surface area contributed by atoms with E-state index in [-0.39, 0.29) is 23.5 Å². The number of hydrogen-bond donors (Lipinski definition) is 1.